The summed E-state index contributed by atoms with van der Waals surface area (Å²) >= 11 is 0. The van der Waals surface area contributed by atoms with Crippen molar-refractivity contribution < 1.29 is 27.2 Å². The van der Waals surface area contributed by atoms with Crippen LogP contribution in [0.15, 0.2) is 57.8 Å². The van der Waals surface area contributed by atoms with Gasteiger partial charge in [-0.2, -0.15) is 0 Å². The molecule has 0 unspecified atom stereocenters. The minimum absolute atomic E-state index is 0.0257. The number of carbonyl (C=O) groups excluding carboxylic acids is 2. The van der Waals surface area contributed by atoms with E-state index in [-0.39, 0.29) is 36.5 Å². The second kappa shape index (κ2) is 7.08. The molecule has 0 radical (unpaired) electrons. The molecule has 2 heterocycles. The molecule has 0 saturated carbocycles. The van der Waals surface area contributed by atoms with E-state index in [1.165, 1.54) is 12.1 Å². The number of amides is 1. The number of rotatable bonds is 6. The summed E-state index contributed by atoms with van der Waals surface area (Å²) in [6, 6.07) is 13.3. The zero-order chi connectivity index (χ0) is 19.7. The first-order chi connectivity index (χ1) is 13.5. The molecule has 2 aromatic carbocycles. The van der Waals surface area contributed by atoms with Crippen LogP contribution in [0.1, 0.15) is 22.7 Å². The zero-order valence-electron chi connectivity index (χ0n) is 14.7. The molecule has 144 valence electrons. The number of nitrogens with zero attached hydrogens (tertiary/aromatic N) is 2. The third kappa shape index (κ3) is 3.24. The minimum Gasteiger partial charge on any atom is -0.464 e. The molecule has 0 atom stereocenters. The van der Waals surface area contributed by atoms with Crippen LogP contribution < -0.4 is 0 Å². The fourth-order valence-electron chi connectivity index (χ4n) is 3.00. The number of aryl methyl sites for hydroxylation is 1. The third-order valence-electron chi connectivity index (χ3n) is 4.35. The van der Waals surface area contributed by atoms with E-state index in [1.54, 1.807) is 18.2 Å². The van der Waals surface area contributed by atoms with Crippen LogP contribution in [0.25, 0.3) is 11.1 Å². The molecule has 1 aliphatic rings. The van der Waals surface area contributed by atoms with E-state index in [0.717, 1.165) is 4.31 Å². The van der Waals surface area contributed by atoms with Crippen molar-refractivity contribution in [3.8, 4) is 0 Å². The lowest BCUT2D eigenvalue weighted by atomic mass is 10.2. The highest BCUT2D eigenvalue weighted by Gasteiger charge is 2.40. The van der Waals surface area contributed by atoms with Crippen molar-refractivity contribution in [2.75, 3.05) is 13.2 Å². The van der Waals surface area contributed by atoms with Gasteiger partial charge >= 0.3 is 5.97 Å². The number of fused-ring (bicyclic) bond motifs is 2. The Balaban J connectivity index is 1.30. The Bertz CT molecular complexity index is 1130. The van der Waals surface area contributed by atoms with Crippen molar-refractivity contribution >= 4 is 33.0 Å². The Kier molecular flexibility index (Phi) is 4.60. The molecule has 0 saturated heterocycles. The summed E-state index contributed by atoms with van der Waals surface area (Å²) in [7, 11) is -3.90. The van der Waals surface area contributed by atoms with Crippen LogP contribution in [0.4, 0.5) is 0 Å². The lowest BCUT2D eigenvalue weighted by Crippen LogP contribution is -2.33. The summed E-state index contributed by atoms with van der Waals surface area (Å²) in [6.07, 6.45) is 0.299. The Morgan fingerprint density at radius 1 is 1.11 bits per heavy atom. The van der Waals surface area contributed by atoms with E-state index in [2.05, 4.69) is 4.98 Å². The second-order valence-corrected chi connectivity index (χ2v) is 8.01. The number of sulfonamides is 1. The quantitative estimate of drug-likeness (QED) is 0.584. The fourth-order valence-corrected chi connectivity index (χ4v) is 4.56. The lowest BCUT2D eigenvalue weighted by Gasteiger charge is -2.14. The Hall–Kier alpha value is -3.20. The van der Waals surface area contributed by atoms with E-state index in [1.807, 2.05) is 18.2 Å². The van der Waals surface area contributed by atoms with Gasteiger partial charge < -0.3 is 9.15 Å². The van der Waals surface area contributed by atoms with Crippen molar-refractivity contribution in [2.24, 2.45) is 0 Å². The highest BCUT2D eigenvalue weighted by atomic mass is 32.2. The molecular weight excluding hydrogens is 384 g/mol. The summed E-state index contributed by atoms with van der Waals surface area (Å²) in [5, 5.41) is 0. The van der Waals surface area contributed by atoms with E-state index < -0.39 is 21.9 Å². The molecule has 0 N–H and O–H groups in total. The fraction of sp³-hybridized carbons (Fsp3) is 0.211. The van der Waals surface area contributed by atoms with Gasteiger partial charge in [0.05, 0.1) is 18.5 Å². The maximum atomic E-state index is 12.4. The van der Waals surface area contributed by atoms with Gasteiger partial charge in [0.1, 0.15) is 17.0 Å². The van der Waals surface area contributed by atoms with E-state index in [4.69, 9.17) is 9.15 Å². The number of hydrogen-bond acceptors (Lipinski definition) is 7. The monoisotopic (exact) mass is 400 g/mol. The summed E-state index contributed by atoms with van der Waals surface area (Å²) in [5.74, 6) is -0.715. The van der Waals surface area contributed by atoms with Crippen LogP contribution in [0, 0.1) is 0 Å². The number of para-hydroxylation sites is 2. The zero-order valence-corrected chi connectivity index (χ0v) is 15.5. The first-order valence-electron chi connectivity index (χ1n) is 8.63. The number of hydrogen-bond donors (Lipinski definition) is 0. The topological polar surface area (TPSA) is 107 Å². The first kappa shape index (κ1) is 18.2. The molecule has 0 bridgehead atoms. The van der Waals surface area contributed by atoms with Crippen LogP contribution in [0.2, 0.25) is 0 Å². The van der Waals surface area contributed by atoms with Crippen LogP contribution in [0.3, 0.4) is 0 Å². The predicted octanol–water partition coefficient (Wildman–Crippen LogP) is 2.15. The van der Waals surface area contributed by atoms with Gasteiger partial charge in [-0.25, -0.2) is 17.7 Å². The van der Waals surface area contributed by atoms with Crippen LogP contribution >= 0.6 is 0 Å². The maximum Gasteiger partial charge on any atom is 0.306 e. The number of ether oxygens (including phenoxy) is 1. The number of carbonyl (C=O) groups is 2. The minimum atomic E-state index is -3.90. The van der Waals surface area contributed by atoms with Crippen molar-refractivity contribution in [1.29, 1.82) is 0 Å². The molecule has 4 rings (SSSR count). The van der Waals surface area contributed by atoms with Gasteiger partial charge in [0.2, 0.25) is 0 Å². The van der Waals surface area contributed by atoms with E-state index in [0.29, 0.717) is 17.0 Å². The van der Waals surface area contributed by atoms with Gasteiger partial charge in [0.25, 0.3) is 15.9 Å². The van der Waals surface area contributed by atoms with Gasteiger partial charge in [-0.1, -0.05) is 24.3 Å². The Morgan fingerprint density at radius 2 is 1.86 bits per heavy atom. The van der Waals surface area contributed by atoms with Crippen LogP contribution in [0.5, 0.6) is 0 Å². The summed E-state index contributed by atoms with van der Waals surface area (Å²) < 4.78 is 36.2. The molecule has 28 heavy (non-hydrogen) atoms. The Morgan fingerprint density at radius 3 is 2.64 bits per heavy atom. The Labute approximate surface area is 160 Å². The van der Waals surface area contributed by atoms with Crippen molar-refractivity contribution in [1.82, 2.24) is 9.29 Å². The normalized spacial score (nSPS) is 15.0. The summed E-state index contributed by atoms with van der Waals surface area (Å²) in [4.78, 5) is 28.4. The maximum absolute atomic E-state index is 12.4. The largest absolute Gasteiger partial charge is 0.464 e. The van der Waals surface area contributed by atoms with Gasteiger partial charge in [-0.15, -0.1) is 0 Å². The van der Waals surface area contributed by atoms with E-state index >= 15 is 0 Å². The van der Waals surface area contributed by atoms with Gasteiger partial charge in [-0.05, 0) is 24.3 Å². The van der Waals surface area contributed by atoms with Crippen LogP contribution in [-0.4, -0.2) is 42.7 Å². The third-order valence-corrected chi connectivity index (χ3v) is 6.19. The molecule has 0 fully saturated rings. The molecule has 0 spiro atoms. The van der Waals surface area contributed by atoms with E-state index in [9.17, 15) is 18.0 Å². The molecule has 1 aliphatic heterocycles. The van der Waals surface area contributed by atoms with Crippen molar-refractivity contribution in [2.45, 2.75) is 17.7 Å². The SMILES string of the molecule is O=C(CCc1nc2ccccc2o1)OCCN1C(=O)c2ccccc2S1(=O)=O. The number of benzene rings is 2. The average Bonchev–Trinajstić information content (AvgIpc) is 3.19. The van der Waals surface area contributed by atoms with Crippen molar-refractivity contribution in [3.63, 3.8) is 0 Å². The number of oxazole rings is 1. The molecule has 9 heteroatoms. The number of esters is 1. The summed E-state index contributed by atoms with van der Waals surface area (Å²) in [6.45, 7) is -0.449. The van der Waals surface area contributed by atoms with Gasteiger partial charge in [-0.3, -0.25) is 9.59 Å². The molecule has 1 aromatic heterocycles. The summed E-state index contributed by atoms with van der Waals surface area (Å²) in [5.41, 5.74) is 1.48. The molecule has 0 aliphatic carbocycles. The van der Waals surface area contributed by atoms with Gasteiger partial charge in [0.15, 0.2) is 11.5 Å². The first-order valence-corrected chi connectivity index (χ1v) is 10.1. The van der Waals surface area contributed by atoms with Crippen molar-refractivity contribution in [3.05, 3.63) is 60.0 Å². The number of aromatic nitrogens is 1. The molecular formula is C19H16N2O6S. The highest BCUT2D eigenvalue weighted by molar-refractivity contribution is 7.90. The molecule has 1 amide bonds. The lowest BCUT2D eigenvalue weighted by molar-refractivity contribution is -0.143. The standard InChI is InChI=1S/C19H16N2O6S/c22-18(10-9-17-20-14-6-2-3-7-15(14)27-17)26-12-11-21-19(23)13-5-1-4-8-16(13)28(21,24)25/h1-8H,9-12H2. The highest BCUT2D eigenvalue weighted by Crippen LogP contribution is 2.29. The second-order valence-electron chi connectivity index (χ2n) is 6.17. The average molecular weight is 400 g/mol. The predicted molar refractivity (Wildman–Crippen MR) is 98.0 cm³/mol. The van der Waals surface area contributed by atoms with Crippen LogP contribution in [-0.2, 0) is 26.0 Å². The smallest absolute Gasteiger partial charge is 0.306 e. The molecule has 3 aromatic rings. The molecule has 8 nitrogen and oxygen atoms in total. The van der Waals surface area contributed by atoms with Gasteiger partial charge in [0, 0.05) is 6.42 Å².